The first-order valence-corrected chi connectivity index (χ1v) is 5.65. The van der Waals surface area contributed by atoms with Gasteiger partial charge in [0.1, 0.15) is 11.5 Å². The zero-order valence-corrected chi connectivity index (χ0v) is 10.5. The largest absolute Gasteiger partial charge is 0.335 e. The first-order chi connectivity index (χ1) is 7.59. The summed E-state index contributed by atoms with van der Waals surface area (Å²) in [5.74, 6) is 0.978. The van der Waals surface area contributed by atoms with E-state index in [-0.39, 0.29) is 11.5 Å². The minimum atomic E-state index is -0.0562. The Morgan fingerprint density at radius 1 is 1.38 bits per heavy atom. The van der Waals surface area contributed by atoms with Crippen molar-refractivity contribution in [2.75, 3.05) is 0 Å². The molecule has 0 saturated carbocycles. The predicted molar refractivity (Wildman–Crippen MR) is 66.8 cm³/mol. The average molecular weight is 221 g/mol. The van der Waals surface area contributed by atoms with Gasteiger partial charge in [-0.15, -0.1) is 0 Å². The Labute approximate surface area is 95.3 Å². The van der Waals surface area contributed by atoms with Crippen LogP contribution >= 0.6 is 0 Å². The molecule has 0 amide bonds. The maximum atomic E-state index is 11.6. The van der Waals surface area contributed by atoms with Crippen molar-refractivity contribution in [2.24, 2.45) is 7.05 Å². The summed E-state index contributed by atoms with van der Waals surface area (Å²) in [6.45, 7) is 8.01. The van der Waals surface area contributed by atoms with Crippen molar-refractivity contribution in [3.05, 3.63) is 28.4 Å². The van der Waals surface area contributed by atoms with Crippen LogP contribution in [0.2, 0.25) is 0 Å². The van der Waals surface area contributed by atoms with Crippen LogP contribution in [0.25, 0.3) is 11.0 Å². The topological polar surface area (TPSA) is 50.7 Å². The third kappa shape index (κ3) is 2.15. The van der Waals surface area contributed by atoms with Crippen LogP contribution in [-0.4, -0.2) is 14.5 Å². The zero-order chi connectivity index (χ0) is 12.3. The molecule has 0 aliphatic heterocycles. The van der Waals surface area contributed by atoms with Crippen LogP contribution in [-0.2, 0) is 7.05 Å². The van der Waals surface area contributed by atoms with Crippen molar-refractivity contribution in [1.29, 1.82) is 0 Å². The third-order valence-electron chi connectivity index (χ3n) is 2.30. The van der Waals surface area contributed by atoms with Crippen molar-refractivity contribution in [3.63, 3.8) is 0 Å². The lowest BCUT2D eigenvalue weighted by molar-refractivity contribution is 0.769. The van der Waals surface area contributed by atoms with Gasteiger partial charge in [-0.1, -0.05) is 27.7 Å². The van der Waals surface area contributed by atoms with E-state index in [1.54, 1.807) is 6.07 Å². The van der Waals surface area contributed by atoms with E-state index < -0.39 is 0 Å². The fourth-order valence-corrected chi connectivity index (χ4v) is 1.44. The van der Waals surface area contributed by atoms with Gasteiger partial charge < -0.3 is 9.55 Å². The van der Waals surface area contributed by atoms with E-state index >= 15 is 0 Å². The fourth-order valence-electron chi connectivity index (χ4n) is 1.44. The number of H-pyrrole nitrogens is 1. The van der Waals surface area contributed by atoms with Crippen molar-refractivity contribution in [3.8, 4) is 0 Å². The SMILES string of the molecule is CC.CC(C)c1nc2c(ccn2C)c(=O)[nH]1. The number of nitrogens with one attached hydrogen (secondary N) is 1. The lowest BCUT2D eigenvalue weighted by Gasteiger charge is -2.04. The summed E-state index contributed by atoms with van der Waals surface area (Å²) in [6.07, 6.45) is 1.84. The van der Waals surface area contributed by atoms with Crippen molar-refractivity contribution < 1.29 is 0 Å². The predicted octanol–water partition coefficient (Wildman–Crippen LogP) is 2.41. The molecular formula is C12H19N3O. The van der Waals surface area contributed by atoms with Gasteiger partial charge in [-0.2, -0.15) is 0 Å². The number of aromatic nitrogens is 3. The van der Waals surface area contributed by atoms with Gasteiger partial charge in [-0.05, 0) is 6.07 Å². The first kappa shape index (κ1) is 12.5. The van der Waals surface area contributed by atoms with Crippen LogP contribution < -0.4 is 5.56 Å². The second-order valence-corrected chi connectivity index (χ2v) is 3.77. The molecule has 0 saturated heterocycles. The van der Waals surface area contributed by atoms with Crippen molar-refractivity contribution in [1.82, 2.24) is 14.5 Å². The van der Waals surface area contributed by atoms with Crippen LogP contribution in [0.5, 0.6) is 0 Å². The molecule has 4 nitrogen and oxygen atoms in total. The summed E-state index contributed by atoms with van der Waals surface area (Å²) in [6, 6.07) is 1.78. The van der Waals surface area contributed by atoms with E-state index in [1.165, 1.54) is 0 Å². The molecule has 0 aliphatic rings. The first-order valence-electron chi connectivity index (χ1n) is 5.65. The summed E-state index contributed by atoms with van der Waals surface area (Å²) >= 11 is 0. The van der Waals surface area contributed by atoms with Crippen LogP contribution in [0, 0.1) is 0 Å². The monoisotopic (exact) mass is 221 g/mol. The zero-order valence-electron chi connectivity index (χ0n) is 10.5. The Balaban J connectivity index is 0.000000606. The molecule has 2 aromatic rings. The number of aryl methyl sites for hydroxylation is 1. The number of hydrogen-bond acceptors (Lipinski definition) is 2. The summed E-state index contributed by atoms with van der Waals surface area (Å²) in [5, 5.41) is 0.650. The molecule has 1 N–H and O–H groups in total. The highest BCUT2D eigenvalue weighted by molar-refractivity contribution is 5.74. The van der Waals surface area contributed by atoms with E-state index in [1.807, 2.05) is 45.5 Å². The molecule has 0 bridgehead atoms. The molecule has 4 heteroatoms. The molecule has 88 valence electrons. The number of rotatable bonds is 1. The van der Waals surface area contributed by atoms with Crippen molar-refractivity contribution >= 4 is 11.0 Å². The number of nitrogens with zero attached hydrogens (tertiary/aromatic N) is 2. The van der Waals surface area contributed by atoms with Crippen LogP contribution in [0.1, 0.15) is 39.4 Å². The molecule has 16 heavy (non-hydrogen) atoms. The van der Waals surface area contributed by atoms with E-state index in [0.29, 0.717) is 5.39 Å². The molecule has 0 atom stereocenters. The maximum Gasteiger partial charge on any atom is 0.260 e. The van der Waals surface area contributed by atoms with E-state index in [9.17, 15) is 4.79 Å². The molecule has 2 heterocycles. The molecule has 0 aromatic carbocycles. The Morgan fingerprint density at radius 2 is 2.00 bits per heavy atom. The van der Waals surface area contributed by atoms with Gasteiger partial charge >= 0.3 is 0 Å². The van der Waals surface area contributed by atoms with Gasteiger partial charge in [0.15, 0.2) is 0 Å². The molecule has 2 aromatic heterocycles. The van der Waals surface area contributed by atoms with Gasteiger partial charge in [0.05, 0.1) is 5.39 Å². The van der Waals surface area contributed by atoms with Crippen molar-refractivity contribution in [2.45, 2.75) is 33.6 Å². The smallest absolute Gasteiger partial charge is 0.260 e. The third-order valence-corrected chi connectivity index (χ3v) is 2.30. The second kappa shape index (κ2) is 4.96. The summed E-state index contributed by atoms with van der Waals surface area (Å²) in [5.41, 5.74) is 0.691. The highest BCUT2D eigenvalue weighted by Gasteiger charge is 2.08. The van der Waals surface area contributed by atoms with Gasteiger partial charge in [0.2, 0.25) is 0 Å². The van der Waals surface area contributed by atoms with Crippen LogP contribution in [0.4, 0.5) is 0 Å². The number of fused-ring (bicyclic) bond motifs is 1. The molecule has 0 unspecified atom stereocenters. The average Bonchev–Trinajstić information content (AvgIpc) is 2.64. The molecule has 0 fully saturated rings. The summed E-state index contributed by atoms with van der Waals surface area (Å²) in [7, 11) is 1.89. The Morgan fingerprint density at radius 3 is 2.56 bits per heavy atom. The lowest BCUT2D eigenvalue weighted by atomic mass is 10.2. The highest BCUT2D eigenvalue weighted by atomic mass is 16.1. The van der Waals surface area contributed by atoms with E-state index in [4.69, 9.17) is 0 Å². The Bertz CT molecular complexity index is 523. The molecule has 0 aliphatic carbocycles. The molecule has 2 rings (SSSR count). The van der Waals surface area contributed by atoms with Gasteiger partial charge in [-0.3, -0.25) is 4.79 Å². The second-order valence-electron chi connectivity index (χ2n) is 3.77. The maximum absolute atomic E-state index is 11.6. The van der Waals surface area contributed by atoms with Gasteiger partial charge in [0, 0.05) is 19.2 Å². The normalized spacial score (nSPS) is 10.4. The lowest BCUT2D eigenvalue weighted by Crippen LogP contribution is -2.12. The van der Waals surface area contributed by atoms with Crippen LogP contribution in [0.3, 0.4) is 0 Å². The Kier molecular flexibility index (Phi) is 3.88. The highest BCUT2D eigenvalue weighted by Crippen LogP contribution is 2.11. The minimum Gasteiger partial charge on any atom is -0.335 e. The summed E-state index contributed by atoms with van der Waals surface area (Å²) in [4.78, 5) is 18.8. The minimum absolute atomic E-state index is 0.0562. The van der Waals surface area contributed by atoms with E-state index in [0.717, 1.165) is 11.5 Å². The number of aromatic amines is 1. The quantitative estimate of drug-likeness (QED) is 0.804. The molecule has 0 spiro atoms. The molecular weight excluding hydrogens is 202 g/mol. The standard InChI is InChI=1S/C10H13N3O.C2H6/c1-6(2)8-11-9-7(10(14)12-8)4-5-13(9)3;1-2/h4-6H,1-3H3,(H,11,12,14);1-2H3. The van der Waals surface area contributed by atoms with Gasteiger partial charge in [0.25, 0.3) is 5.56 Å². The summed E-state index contributed by atoms with van der Waals surface area (Å²) < 4.78 is 1.86. The van der Waals surface area contributed by atoms with Gasteiger partial charge in [-0.25, -0.2) is 4.98 Å². The van der Waals surface area contributed by atoms with E-state index in [2.05, 4.69) is 9.97 Å². The molecule has 0 radical (unpaired) electrons. The fraction of sp³-hybridized carbons (Fsp3) is 0.500. The van der Waals surface area contributed by atoms with Crippen LogP contribution in [0.15, 0.2) is 17.1 Å². The number of hydrogen-bond donors (Lipinski definition) is 1. The Hall–Kier alpha value is -1.58.